The molecule has 0 aromatic heterocycles. The van der Waals surface area contributed by atoms with E-state index in [2.05, 4.69) is 6.92 Å². The Bertz CT molecular complexity index is 832. The summed E-state index contributed by atoms with van der Waals surface area (Å²) in [6.07, 6.45) is 2.00. The number of ketones is 1. The molecule has 0 atom stereocenters. The SMILES string of the molecule is CCCCOc1ccc(C(=O)c2ccc(Cl)c(S(N)(=O)=O)c2)cc1. The lowest BCUT2D eigenvalue weighted by molar-refractivity contribution is 0.103. The van der Waals surface area contributed by atoms with Crippen LogP contribution in [0.25, 0.3) is 0 Å². The Balaban J connectivity index is 2.23. The Hall–Kier alpha value is -1.89. The van der Waals surface area contributed by atoms with Crippen molar-refractivity contribution in [3.8, 4) is 5.75 Å². The maximum Gasteiger partial charge on any atom is 0.239 e. The summed E-state index contributed by atoms with van der Waals surface area (Å²) in [4.78, 5) is 12.2. The Morgan fingerprint density at radius 2 is 1.75 bits per heavy atom. The lowest BCUT2D eigenvalue weighted by atomic mass is 10.0. The molecule has 0 unspecified atom stereocenters. The number of halogens is 1. The van der Waals surface area contributed by atoms with Crippen LogP contribution in [0.2, 0.25) is 5.02 Å². The van der Waals surface area contributed by atoms with Crippen LogP contribution in [0.15, 0.2) is 47.4 Å². The first kappa shape index (κ1) is 18.4. The van der Waals surface area contributed by atoms with Crippen molar-refractivity contribution in [1.82, 2.24) is 0 Å². The maximum absolute atomic E-state index is 12.5. The molecule has 0 saturated heterocycles. The predicted octanol–water partition coefficient (Wildman–Crippen LogP) is 3.40. The van der Waals surface area contributed by atoms with Gasteiger partial charge in [0.25, 0.3) is 0 Å². The van der Waals surface area contributed by atoms with E-state index in [4.69, 9.17) is 21.5 Å². The average molecular weight is 368 g/mol. The largest absolute Gasteiger partial charge is 0.494 e. The van der Waals surface area contributed by atoms with Crippen LogP contribution in [0.5, 0.6) is 5.75 Å². The fourth-order valence-electron chi connectivity index (χ4n) is 2.07. The van der Waals surface area contributed by atoms with Crippen LogP contribution in [0.1, 0.15) is 35.7 Å². The molecule has 2 aromatic rings. The third kappa shape index (κ3) is 4.56. The number of carbonyl (C=O) groups is 1. The summed E-state index contributed by atoms with van der Waals surface area (Å²) in [5.74, 6) is 0.359. The van der Waals surface area contributed by atoms with Gasteiger partial charge in [-0.05, 0) is 48.9 Å². The van der Waals surface area contributed by atoms with Crippen molar-refractivity contribution in [2.24, 2.45) is 5.14 Å². The lowest BCUT2D eigenvalue weighted by Crippen LogP contribution is -2.14. The van der Waals surface area contributed by atoms with E-state index in [-0.39, 0.29) is 21.3 Å². The van der Waals surface area contributed by atoms with Crippen molar-refractivity contribution in [3.05, 3.63) is 58.6 Å². The fraction of sp³-hybridized carbons (Fsp3) is 0.235. The number of carbonyl (C=O) groups excluding carboxylic acids is 1. The van der Waals surface area contributed by atoms with E-state index in [1.165, 1.54) is 18.2 Å². The Morgan fingerprint density at radius 3 is 2.33 bits per heavy atom. The number of rotatable bonds is 7. The summed E-state index contributed by atoms with van der Waals surface area (Å²) < 4.78 is 28.5. The molecule has 2 rings (SSSR count). The van der Waals surface area contributed by atoms with Crippen LogP contribution in [0.3, 0.4) is 0 Å². The lowest BCUT2D eigenvalue weighted by Gasteiger charge is -2.08. The zero-order valence-electron chi connectivity index (χ0n) is 13.2. The van der Waals surface area contributed by atoms with Crippen LogP contribution in [-0.4, -0.2) is 20.8 Å². The van der Waals surface area contributed by atoms with Gasteiger partial charge in [-0.25, -0.2) is 13.6 Å². The second-order valence-corrected chi connectivity index (χ2v) is 7.18. The predicted molar refractivity (Wildman–Crippen MR) is 93.1 cm³/mol. The van der Waals surface area contributed by atoms with Crippen molar-refractivity contribution in [2.45, 2.75) is 24.7 Å². The molecule has 0 fully saturated rings. The third-order valence-electron chi connectivity index (χ3n) is 3.38. The molecule has 0 amide bonds. The Labute approximate surface area is 146 Å². The van der Waals surface area contributed by atoms with E-state index < -0.39 is 10.0 Å². The quantitative estimate of drug-likeness (QED) is 0.600. The van der Waals surface area contributed by atoms with E-state index in [1.54, 1.807) is 24.3 Å². The summed E-state index contributed by atoms with van der Waals surface area (Å²) in [6, 6.07) is 10.7. The van der Waals surface area contributed by atoms with Crippen molar-refractivity contribution in [1.29, 1.82) is 0 Å². The fourth-order valence-corrected chi connectivity index (χ4v) is 3.14. The molecule has 2 N–H and O–H groups in total. The van der Waals surface area contributed by atoms with E-state index in [0.29, 0.717) is 17.9 Å². The second-order valence-electron chi connectivity index (χ2n) is 5.25. The van der Waals surface area contributed by atoms with Gasteiger partial charge in [0, 0.05) is 11.1 Å². The summed E-state index contributed by atoms with van der Waals surface area (Å²) in [5, 5.41) is 5.08. The number of unbranched alkanes of at least 4 members (excludes halogenated alkanes) is 1. The molecule has 24 heavy (non-hydrogen) atoms. The normalized spacial score (nSPS) is 11.3. The molecule has 0 spiro atoms. The number of hydrogen-bond donors (Lipinski definition) is 1. The molecular formula is C17H18ClNO4S. The number of hydrogen-bond acceptors (Lipinski definition) is 4. The minimum Gasteiger partial charge on any atom is -0.494 e. The highest BCUT2D eigenvalue weighted by atomic mass is 35.5. The summed E-state index contributed by atoms with van der Waals surface area (Å²) in [6.45, 7) is 2.70. The Morgan fingerprint density at radius 1 is 1.12 bits per heavy atom. The molecule has 7 heteroatoms. The molecule has 0 aliphatic heterocycles. The molecular weight excluding hydrogens is 350 g/mol. The highest BCUT2D eigenvalue weighted by Crippen LogP contribution is 2.23. The number of benzene rings is 2. The van der Waals surface area contributed by atoms with Crippen LogP contribution in [-0.2, 0) is 10.0 Å². The molecule has 0 aliphatic rings. The van der Waals surface area contributed by atoms with Gasteiger partial charge in [-0.3, -0.25) is 4.79 Å². The minimum absolute atomic E-state index is 0.0197. The monoisotopic (exact) mass is 367 g/mol. The molecule has 5 nitrogen and oxygen atoms in total. The molecule has 0 aliphatic carbocycles. The Kier molecular flexibility index (Phi) is 5.99. The topological polar surface area (TPSA) is 86.5 Å². The highest BCUT2D eigenvalue weighted by molar-refractivity contribution is 7.89. The smallest absolute Gasteiger partial charge is 0.239 e. The van der Waals surface area contributed by atoms with E-state index in [9.17, 15) is 13.2 Å². The van der Waals surface area contributed by atoms with Gasteiger partial charge in [0.2, 0.25) is 10.0 Å². The molecule has 0 saturated carbocycles. The molecule has 128 valence electrons. The first-order valence-electron chi connectivity index (χ1n) is 7.43. The van der Waals surface area contributed by atoms with Gasteiger partial charge in [-0.2, -0.15) is 0 Å². The van der Waals surface area contributed by atoms with E-state index >= 15 is 0 Å². The third-order valence-corrected chi connectivity index (χ3v) is 4.78. The van der Waals surface area contributed by atoms with Crippen molar-refractivity contribution in [3.63, 3.8) is 0 Å². The number of ether oxygens (including phenoxy) is 1. The van der Waals surface area contributed by atoms with Crippen LogP contribution in [0, 0.1) is 0 Å². The summed E-state index contributed by atoms with van der Waals surface area (Å²) in [5.41, 5.74) is 0.614. The first-order valence-corrected chi connectivity index (χ1v) is 9.35. The standard InChI is InChI=1S/C17H18ClNO4S/c1-2-3-10-23-14-7-4-12(5-8-14)17(20)13-6-9-15(18)16(11-13)24(19,21)22/h4-9,11H,2-3,10H2,1H3,(H2,19,21,22). The van der Waals surface area contributed by atoms with Gasteiger partial charge in [-0.1, -0.05) is 24.9 Å². The van der Waals surface area contributed by atoms with Crippen LogP contribution >= 0.6 is 11.6 Å². The van der Waals surface area contributed by atoms with Crippen LogP contribution in [0.4, 0.5) is 0 Å². The van der Waals surface area contributed by atoms with Crippen molar-refractivity contribution in [2.75, 3.05) is 6.61 Å². The molecule has 2 aromatic carbocycles. The zero-order chi connectivity index (χ0) is 17.7. The van der Waals surface area contributed by atoms with E-state index in [0.717, 1.165) is 12.8 Å². The average Bonchev–Trinajstić information content (AvgIpc) is 2.54. The highest BCUT2D eigenvalue weighted by Gasteiger charge is 2.17. The molecule has 0 bridgehead atoms. The van der Waals surface area contributed by atoms with Gasteiger partial charge in [-0.15, -0.1) is 0 Å². The van der Waals surface area contributed by atoms with E-state index in [1.807, 2.05) is 0 Å². The minimum atomic E-state index is -4.00. The van der Waals surface area contributed by atoms with Gasteiger partial charge in [0.05, 0.1) is 11.6 Å². The van der Waals surface area contributed by atoms with Gasteiger partial charge in [0.1, 0.15) is 10.6 Å². The zero-order valence-corrected chi connectivity index (χ0v) is 14.7. The number of nitrogens with two attached hydrogens (primary N) is 1. The number of primary sulfonamides is 1. The second kappa shape index (κ2) is 7.79. The van der Waals surface area contributed by atoms with Crippen molar-refractivity contribution < 1.29 is 17.9 Å². The van der Waals surface area contributed by atoms with Crippen LogP contribution < -0.4 is 9.88 Å². The maximum atomic E-state index is 12.5. The van der Waals surface area contributed by atoms with Gasteiger partial charge >= 0.3 is 0 Å². The van der Waals surface area contributed by atoms with Gasteiger partial charge in [0.15, 0.2) is 5.78 Å². The molecule has 0 radical (unpaired) electrons. The number of sulfonamides is 1. The summed E-state index contributed by atoms with van der Waals surface area (Å²) in [7, 11) is -4.00. The molecule has 0 heterocycles. The van der Waals surface area contributed by atoms with Gasteiger partial charge < -0.3 is 4.74 Å². The summed E-state index contributed by atoms with van der Waals surface area (Å²) >= 11 is 5.83. The first-order chi connectivity index (χ1) is 11.3. The van der Waals surface area contributed by atoms with Crippen molar-refractivity contribution >= 4 is 27.4 Å².